The summed E-state index contributed by atoms with van der Waals surface area (Å²) >= 11 is 0. The Labute approximate surface area is 108 Å². The van der Waals surface area contributed by atoms with Gasteiger partial charge in [0.25, 0.3) is 0 Å². The molecule has 0 saturated heterocycles. The molecule has 0 aliphatic carbocycles. The van der Waals surface area contributed by atoms with Crippen LogP contribution in [-0.2, 0) is 22.7 Å². The SMILES string of the molecule is COCc1ccc(CNC(=O)C(C)N)cc1.Cl. The third kappa shape index (κ3) is 5.68. The molecule has 0 spiro atoms. The average molecular weight is 259 g/mol. The highest BCUT2D eigenvalue weighted by Crippen LogP contribution is 2.05. The summed E-state index contributed by atoms with van der Waals surface area (Å²) in [7, 11) is 1.66. The molecule has 0 radical (unpaired) electrons. The normalized spacial score (nSPS) is 11.5. The summed E-state index contributed by atoms with van der Waals surface area (Å²) in [5, 5.41) is 2.75. The van der Waals surface area contributed by atoms with Crippen molar-refractivity contribution in [2.24, 2.45) is 5.73 Å². The molecule has 0 aliphatic rings. The van der Waals surface area contributed by atoms with Crippen molar-refractivity contribution in [1.29, 1.82) is 0 Å². The van der Waals surface area contributed by atoms with E-state index in [0.717, 1.165) is 11.1 Å². The Kier molecular flexibility index (Phi) is 7.54. The summed E-state index contributed by atoms with van der Waals surface area (Å²) in [6.07, 6.45) is 0. The van der Waals surface area contributed by atoms with Gasteiger partial charge >= 0.3 is 0 Å². The summed E-state index contributed by atoms with van der Waals surface area (Å²) in [5.41, 5.74) is 7.60. The molecule has 0 bridgehead atoms. The van der Waals surface area contributed by atoms with E-state index in [4.69, 9.17) is 10.5 Å². The van der Waals surface area contributed by atoms with Crippen LogP contribution in [0.3, 0.4) is 0 Å². The van der Waals surface area contributed by atoms with Crippen molar-refractivity contribution in [3.8, 4) is 0 Å². The minimum Gasteiger partial charge on any atom is -0.380 e. The summed E-state index contributed by atoms with van der Waals surface area (Å²) in [5.74, 6) is -0.138. The van der Waals surface area contributed by atoms with Crippen molar-refractivity contribution in [3.63, 3.8) is 0 Å². The van der Waals surface area contributed by atoms with Crippen LogP contribution in [0.2, 0.25) is 0 Å². The largest absolute Gasteiger partial charge is 0.380 e. The number of carbonyl (C=O) groups is 1. The second-order valence-corrected chi connectivity index (χ2v) is 3.76. The first-order valence-corrected chi connectivity index (χ1v) is 5.23. The van der Waals surface area contributed by atoms with Crippen molar-refractivity contribution in [3.05, 3.63) is 35.4 Å². The van der Waals surface area contributed by atoms with Crippen LogP contribution in [0.25, 0.3) is 0 Å². The average Bonchev–Trinajstić information content (AvgIpc) is 2.28. The van der Waals surface area contributed by atoms with Crippen LogP contribution in [0.5, 0.6) is 0 Å². The fourth-order valence-corrected chi connectivity index (χ4v) is 1.27. The first-order valence-electron chi connectivity index (χ1n) is 5.23. The Morgan fingerprint density at radius 1 is 1.35 bits per heavy atom. The number of ether oxygens (including phenoxy) is 1. The quantitative estimate of drug-likeness (QED) is 0.835. The summed E-state index contributed by atoms with van der Waals surface area (Å²) in [6.45, 7) is 2.77. The zero-order chi connectivity index (χ0) is 12.0. The third-order valence-corrected chi connectivity index (χ3v) is 2.21. The molecule has 1 aromatic carbocycles. The Bertz CT molecular complexity index is 339. The molecular weight excluding hydrogens is 240 g/mol. The number of benzene rings is 1. The molecule has 1 unspecified atom stereocenters. The van der Waals surface area contributed by atoms with Gasteiger partial charge in [0.05, 0.1) is 12.6 Å². The van der Waals surface area contributed by atoms with Gasteiger partial charge in [0.1, 0.15) is 0 Å². The van der Waals surface area contributed by atoms with Crippen molar-refractivity contribution < 1.29 is 9.53 Å². The molecule has 0 aliphatic heterocycles. The van der Waals surface area contributed by atoms with Crippen molar-refractivity contribution >= 4 is 18.3 Å². The Morgan fingerprint density at radius 2 is 1.88 bits per heavy atom. The lowest BCUT2D eigenvalue weighted by Gasteiger charge is -2.08. The second-order valence-electron chi connectivity index (χ2n) is 3.76. The first kappa shape index (κ1) is 15.9. The number of rotatable bonds is 5. The van der Waals surface area contributed by atoms with Gasteiger partial charge in [0.2, 0.25) is 5.91 Å². The molecule has 5 heteroatoms. The van der Waals surface area contributed by atoms with Gasteiger partial charge in [0, 0.05) is 13.7 Å². The van der Waals surface area contributed by atoms with Crippen LogP contribution in [-0.4, -0.2) is 19.1 Å². The fraction of sp³-hybridized carbons (Fsp3) is 0.417. The van der Waals surface area contributed by atoms with E-state index < -0.39 is 6.04 Å². The summed E-state index contributed by atoms with van der Waals surface area (Å²) in [4.78, 5) is 11.2. The van der Waals surface area contributed by atoms with Crippen LogP contribution in [0.4, 0.5) is 0 Å². The number of amides is 1. The van der Waals surface area contributed by atoms with E-state index in [1.54, 1.807) is 14.0 Å². The number of nitrogens with two attached hydrogens (primary N) is 1. The predicted octanol–water partition coefficient (Wildman–Crippen LogP) is 1.22. The molecule has 96 valence electrons. The van der Waals surface area contributed by atoms with Crippen LogP contribution < -0.4 is 11.1 Å². The van der Waals surface area contributed by atoms with E-state index in [1.165, 1.54) is 0 Å². The number of nitrogens with one attached hydrogen (secondary N) is 1. The Balaban J connectivity index is 0.00000256. The number of hydrogen-bond donors (Lipinski definition) is 2. The van der Waals surface area contributed by atoms with E-state index in [2.05, 4.69) is 5.32 Å². The van der Waals surface area contributed by atoms with Gasteiger partial charge in [-0.05, 0) is 18.1 Å². The number of halogens is 1. The number of carbonyl (C=O) groups excluding carboxylic acids is 1. The molecule has 1 rings (SSSR count). The van der Waals surface area contributed by atoms with Crippen molar-refractivity contribution in [2.45, 2.75) is 26.1 Å². The highest BCUT2D eigenvalue weighted by molar-refractivity contribution is 5.85. The lowest BCUT2D eigenvalue weighted by atomic mass is 10.1. The predicted molar refractivity (Wildman–Crippen MR) is 69.9 cm³/mol. The topological polar surface area (TPSA) is 64.3 Å². The maximum atomic E-state index is 11.2. The van der Waals surface area contributed by atoms with Gasteiger partial charge in [-0.1, -0.05) is 24.3 Å². The minimum atomic E-state index is -0.465. The van der Waals surface area contributed by atoms with Gasteiger partial charge in [-0.15, -0.1) is 12.4 Å². The highest BCUT2D eigenvalue weighted by Gasteiger charge is 2.05. The molecule has 1 amide bonds. The molecule has 17 heavy (non-hydrogen) atoms. The van der Waals surface area contributed by atoms with E-state index in [-0.39, 0.29) is 18.3 Å². The molecule has 3 N–H and O–H groups in total. The number of hydrogen-bond acceptors (Lipinski definition) is 3. The molecule has 1 atom stereocenters. The van der Waals surface area contributed by atoms with Crippen LogP contribution in [0, 0.1) is 0 Å². The third-order valence-electron chi connectivity index (χ3n) is 2.21. The molecular formula is C12H19ClN2O2. The van der Waals surface area contributed by atoms with Gasteiger partial charge in [-0.3, -0.25) is 4.79 Å². The van der Waals surface area contributed by atoms with E-state index in [1.807, 2.05) is 24.3 Å². The zero-order valence-electron chi connectivity index (χ0n) is 10.1. The molecule has 1 aromatic rings. The number of methoxy groups -OCH3 is 1. The Hall–Kier alpha value is -1.10. The standard InChI is InChI=1S/C12H18N2O2.ClH/c1-9(13)12(15)14-7-10-3-5-11(6-4-10)8-16-2;/h3-6,9H,7-8,13H2,1-2H3,(H,14,15);1H. The molecule has 0 aromatic heterocycles. The first-order chi connectivity index (χ1) is 7.63. The van der Waals surface area contributed by atoms with Gasteiger partial charge in [-0.25, -0.2) is 0 Å². The summed E-state index contributed by atoms with van der Waals surface area (Å²) in [6, 6.07) is 7.44. The second kappa shape index (κ2) is 8.06. The van der Waals surface area contributed by atoms with Crippen molar-refractivity contribution in [1.82, 2.24) is 5.32 Å². The van der Waals surface area contributed by atoms with E-state index >= 15 is 0 Å². The monoisotopic (exact) mass is 258 g/mol. The van der Waals surface area contributed by atoms with Gasteiger partial charge < -0.3 is 15.8 Å². The maximum absolute atomic E-state index is 11.2. The molecule has 0 fully saturated rings. The fourth-order valence-electron chi connectivity index (χ4n) is 1.27. The van der Waals surface area contributed by atoms with E-state index in [9.17, 15) is 4.79 Å². The molecule has 0 heterocycles. The van der Waals surface area contributed by atoms with Crippen molar-refractivity contribution in [2.75, 3.05) is 7.11 Å². The molecule has 0 saturated carbocycles. The highest BCUT2D eigenvalue weighted by atomic mass is 35.5. The smallest absolute Gasteiger partial charge is 0.236 e. The van der Waals surface area contributed by atoms with Crippen LogP contribution in [0.1, 0.15) is 18.1 Å². The summed E-state index contributed by atoms with van der Waals surface area (Å²) < 4.78 is 5.01. The maximum Gasteiger partial charge on any atom is 0.236 e. The molecule has 4 nitrogen and oxygen atoms in total. The minimum absolute atomic E-state index is 0. The van der Waals surface area contributed by atoms with Crippen LogP contribution >= 0.6 is 12.4 Å². The van der Waals surface area contributed by atoms with Crippen LogP contribution in [0.15, 0.2) is 24.3 Å². The van der Waals surface area contributed by atoms with E-state index in [0.29, 0.717) is 13.2 Å². The lowest BCUT2D eigenvalue weighted by Crippen LogP contribution is -2.37. The lowest BCUT2D eigenvalue weighted by molar-refractivity contribution is -0.122. The van der Waals surface area contributed by atoms with Gasteiger partial charge in [-0.2, -0.15) is 0 Å². The van der Waals surface area contributed by atoms with Gasteiger partial charge in [0.15, 0.2) is 0 Å². The Morgan fingerprint density at radius 3 is 2.35 bits per heavy atom. The zero-order valence-corrected chi connectivity index (χ0v) is 10.9.